The summed E-state index contributed by atoms with van der Waals surface area (Å²) in [5, 5.41) is 2.44. The van der Waals surface area contributed by atoms with Gasteiger partial charge in [0, 0.05) is 0 Å². The molecule has 0 radical (unpaired) electrons. The zero-order valence-corrected chi connectivity index (χ0v) is 12.1. The van der Waals surface area contributed by atoms with Gasteiger partial charge >= 0.3 is 6.09 Å². The molecule has 0 aliphatic heterocycles. The number of hydrogen-bond donors (Lipinski definition) is 1. The molecule has 0 aromatic heterocycles. The van der Waals surface area contributed by atoms with E-state index in [9.17, 15) is 4.79 Å². The van der Waals surface area contributed by atoms with Crippen molar-refractivity contribution in [2.75, 3.05) is 0 Å². The summed E-state index contributed by atoms with van der Waals surface area (Å²) in [6.07, 6.45) is 0.198. The zero-order chi connectivity index (χ0) is 13.0. The van der Waals surface area contributed by atoms with Crippen molar-refractivity contribution >= 4 is 14.4 Å². The molecule has 0 rings (SSSR count). The molecular weight excluding hydrogens is 222 g/mol. The van der Waals surface area contributed by atoms with E-state index in [2.05, 4.69) is 45.8 Å². The van der Waals surface area contributed by atoms with E-state index in [0.29, 0.717) is 0 Å². The topological polar surface area (TPSA) is 47.6 Å². The first-order chi connectivity index (χ1) is 7.10. The van der Waals surface area contributed by atoms with Crippen LogP contribution in [0.25, 0.3) is 0 Å². The summed E-state index contributed by atoms with van der Waals surface area (Å²) in [6, 6.07) is 0. The van der Waals surface area contributed by atoms with Crippen LogP contribution in [-0.2, 0) is 9.16 Å². The van der Waals surface area contributed by atoms with Crippen molar-refractivity contribution in [2.24, 2.45) is 0 Å². The highest BCUT2D eigenvalue weighted by molar-refractivity contribution is 6.74. The molecule has 1 N–H and O–H groups in total. The normalized spacial score (nSPS) is 14.1. The molecule has 0 heterocycles. The maximum absolute atomic E-state index is 11.1. The minimum absolute atomic E-state index is 0.0968. The number of alkyl carbamates (subject to hydrolysis) is 1. The first kappa shape index (κ1) is 15.2. The molecule has 0 aromatic rings. The van der Waals surface area contributed by atoms with Crippen LogP contribution in [0.5, 0.6) is 0 Å². The Hall–Kier alpha value is -0.813. The Balaban J connectivity index is 4.29. The number of hydrogen-bond acceptors (Lipinski definition) is 3. The van der Waals surface area contributed by atoms with Gasteiger partial charge < -0.3 is 9.16 Å². The lowest BCUT2D eigenvalue weighted by molar-refractivity contribution is -0.0260. The molecule has 0 aliphatic rings. The summed E-state index contributed by atoms with van der Waals surface area (Å²) in [5.74, 6) is 0. The predicted molar refractivity (Wildman–Crippen MR) is 67.6 cm³/mol. The van der Waals surface area contributed by atoms with E-state index in [4.69, 9.17) is 9.16 Å². The van der Waals surface area contributed by atoms with Crippen LogP contribution in [0.3, 0.4) is 0 Å². The van der Waals surface area contributed by atoms with Crippen LogP contribution in [0.1, 0.15) is 27.7 Å². The largest absolute Gasteiger partial charge is 0.421 e. The summed E-state index contributed by atoms with van der Waals surface area (Å²) in [6.45, 7) is 15.7. The van der Waals surface area contributed by atoms with Crippen LogP contribution in [0.2, 0.25) is 18.1 Å². The monoisotopic (exact) mass is 245 g/mol. The summed E-state index contributed by atoms with van der Waals surface area (Å²) in [4.78, 5) is 11.1. The molecule has 1 atom stereocenters. The van der Waals surface area contributed by atoms with Gasteiger partial charge in [-0.25, -0.2) is 4.79 Å². The number of nitrogens with one attached hydrogen (secondary N) is 1. The van der Waals surface area contributed by atoms with Gasteiger partial charge in [0.05, 0.1) is 0 Å². The standard InChI is InChI=1S/C11H23NO3Si/c1-8-12-10(13)14-9(2)15-16(6,7)11(3,4)5/h8-9H,1H2,2-7H3,(H,12,13). The minimum Gasteiger partial charge on any atom is -0.421 e. The van der Waals surface area contributed by atoms with Crippen molar-refractivity contribution in [3.05, 3.63) is 12.8 Å². The first-order valence-electron chi connectivity index (χ1n) is 5.36. The zero-order valence-electron chi connectivity index (χ0n) is 11.1. The lowest BCUT2D eigenvalue weighted by Gasteiger charge is -2.37. The average Bonchev–Trinajstić information content (AvgIpc) is 1.99. The Bertz CT molecular complexity index is 258. The second kappa shape index (κ2) is 5.50. The van der Waals surface area contributed by atoms with Gasteiger partial charge in [-0.15, -0.1) is 0 Å². The smallest absolute Gasteiger partial charge is 0.413 e. The highest BCUT2D eigenvalue weighted by Crippen LogP contribution is 2.37. The van der Waals surface area contributed by atoms with Crippen LogP contribution in [-0.4, -0.2) is 20.7 Å². The Labute approximate surface area is 99.1 Å². The summed E-state index contributed by atoms with van der Waals surface area (Å²) in [7, 11) is -1.89. The number of ether oxygens (including phenoxy) is 1. The Kier molecular flexibility index (Phi) is 5.22. The predicted octanol–water partition coefficient (Wildman–Crippen LogP) is 3.22. The molecule has 0 saturated heterocycles. The van der Waals surface area contributed by atoms with Crippen molar-refractivity contribution in [2.45, 2.75) is 52.1 Å². The number of rotatable bonds is 4. The van der Waals surface area contributed by atoms with Gasteiger partial charge in [-0.1, -0.05) is 27.4 Å². The van der Waals surface area contributed by atoms with Crippen LogP contribution >= 0.6 is 0 Å². The van der Waals surface area contributed by atoms with E-state index in [1.165, 1.54) is 6.20 Å². The third kappa shape index (κ3) is 4.81. The molecule has 0 fully saturated rings. The molecule has 1 amide bonds. The van der Waals surface area contributed by atoms with Crippen molar-refractivity contribution in [3.63, 3.8) is 0 Å². The van der Waals surface area contributed by atoms with Gasteiger partial charge in [0.2, 0.25) is 0 Å². The van der Waals surface area contributed by atoms with Gasteiger partial charge in [-0.2, -0.15) is 0 Å². The van der Waals surface area contributed by atoms with E-state index in [1.807, 2.05) is 0 Å². The quantitative estimate of drug-likeness (QED) is 0.611. The maximum atomic E-state index is 11.1. The molecule has 0 bridgehead atoms. The molecule has 5 heteroatoms. The molecule has 0 aromatic carbocycles. The number of carbonyl (C=O) groups is 1. The van der Waals surface area contributed by atoms with Crippen LogP contribution in [0, 0.1) is 0 Å². The van der Waals surface area contributed by atoms with Crippen molar-refractivity contribution in [1.29, 1.82) is 0 Å². The van der Waals surface area contributed by atoms with E-state index in [1.54, 1.807) is 6.92 Å². The molecule has 0 spiro atoms. The molecule has 1 unspecified atom stereocenters. The van der Waals surface area contributed by atoms with E-state index in [0.717, 1.165) is 0 Å². The summed E-state index contributed by atoms with van der Waals surface area (Å²) in [5.41, 5.74) is 0. The second-order valence-corrected chi connectivity index (χ2v) is 9.96. The Morgan fingerprint density at radius 3 is 2.31 bits per heavy atom. The fraction of sp³-hybridized carbons (Fsp3) is 0.727. The molecule has 0 aliphatic carbocycles. The molecule has 0 saturated carbocycles. The fourth-order valence-corrected chi connectivity index (χ4v) is 2.12. The van der Waals surface area contributed by atoms with Crippen molar-refractivity contribution in [1.82, 2.24) is 5.32 Å². The van der Waals surface area contributed by atoms with Gasteiger partial charge in [0.1, 0.15) is 0 Å². The summed E-state index contributed by atoms with van der Waals surface area (Å²) >= 11 is 0. The molecular formula is C11H23NO3Si. The third-order valence-corrected chi connectivity index (χ3v) is 7.29. The Morgan fingerprint density at radius 1 is 1.44 bits per heavy atom. The van der Waals surface area contributed by atoms with E-state index < -0.39 is 20.7 Å². The van der Waals surface area contributed by atoms with Gasteiger partial charge in [0.15, 0.2) is 14.6 Å². The van der Waals surface area contributed by atoms with Crippen LogP contribution in [0.15, 0.2) is 12.8 Å². The van der Waals surface area contributed by atoms with Crippen LogP contribution in [0.4, 0.5) is 4.79 Å². The molecule has 94 valence electrons. The maximum Gasteiger partial charge on any atom is 0.413 e. The van der Waals surface area contributed by atoms with Gasteiger partial charge in [-0.3, -0.25) is 5.32 Å². The number of carbonyl (C=O) groups excluding carboxylic acids is 1. The molecule has 4 nitrogen and oxygen atoms in total. The average molecular weight is 245 g/mol. The van der Waals surface area contributed by atoms with E-state index in [-0.39, 0.29) is 5.04 Å². The van der Waals surface area contributed by atoms with E-state index >= 15 is 0 Å². The third-order valence-electron chi connectivity index (χ3n) is 2.76. The van der Waals surface area contributed by atoms with Gasteiger partial charge in [-0.05, 0) is 31.3 Å². The SMILES string of the molecule is C=CNC(=O)OC(C)O[Si](C)(C)C(C)(C)C. The molecule has 16 heavy (non-hydrogen) atoms. The number of amides is 1. The summed E-state index contributed by atoms with van der Waals surface area (Å²) < 4.78 is 10.9. The fourth-order valence-electron chi connectivity index (χ4n) is 0.884. The van der Waals surface area contributed by atoms with Crippen molar-refractivity contribution < 1.29 is 14.0 Å². The van der Waals surface area contributed by atoms with Crippen molar-refractivity contribution in [3.8, 4) is 0 Å². The highest BCUT2D eigenvalue weighted by Gasteiger charge is 2.39. The Morgan fingerprint density at radius 2 is 1.94 bits per heavy atom. The van der Waals surface area contributed by atoms with Crippen LogP contribution < -0.4 is 5.32 Å². The lowest BCUT2D eigenvalue weighted by Crippen LogP contribution is -2.44. The minimum atomic E-state index is -1.89. The van der Waals surface area contributed by atoms with Gasteiger partial charge in [0.25, 0.3) is 0 Å². The highest BCUT2D eigenvalue weighted by atomic mass is 28.4. The second-order valence-electron chi connectivity index (χ2n) is 5.20. The first-order valence-corrected chi connectivity index (χ1v) is 8.27. The lowest BCUT2D eigenvalue weighted by atomic mass is 10.2.